The minimum Gasteiger partial charge on any atom is -0.457 e. The highest BCUT2D eigenvalue weighted by Crippen LogP contribution is 2.44. The molecule has 1 fully saturated rings. The van der Waals surface area contributed by atoms with Crippen molar-refractivity contribution in [1.29, 1.82) is 0 Å². The molecule has 0 aromatic heterocycles. The quantitative estimate of drug-likeness (QED) is 0.802. The molecule has 0 aliphatic carbocycles. The van der Waals surface area contributed by atoms with Crippen molar-refractivity contribution in [2.24, 2.45) is 11.7 Å². The number of hydrogen-bond donors (Lipinski definition) is 1. The number of hydrogen-bond acceptors (Lipinski definition) is 5. The van der Waals surface area contributed by atoms with Crippen molar-refractivity contribution in [3.8, 4) is 11.5 Å². The van der Waals surface area contributed by atoms with Crippen molar-refractivity contribution in [2.75, 3.05) is 19.7 Å². The van der Waals surface area contributed by atoms with Gasteiger partial charge >= 0.3 is 5.97 Å². The number of amides is 2. The SMILES string of the molecule is NC(=O)[C@@H]1CCCN(C(=O)COC(=O)C2c3ccccc3Oc3ccccc32)C1. The van der Waals surface area contributed by atoms with Crippen molar-refractivity contribution in [1.82, 2.24) is 4.90 Å². The van der Waals surface area contributed by atoms with Gasteiger partial charge in [0.2, 0.25) is 5.91 Å². The molecule has 0 saturated carbocycles. The predicted molar refractivity (Wildman–Crippen MR) is 104 cm³/mol. The lowest BCUT2D eigenvalue weighted by Crippen LogP contribution is -2.45. The molecule has 2 heterocycles. The van der Waals surface area contributed by atoms with E-state index in [9.17, 15) is 14.4 Å². The predicted octanol–water partition coefficient (Wildman–Crippen LogP) is 2.19. The molecule has 4 rings (SSSR count). The van der Waals surface area contributed by atoms with E-state index in [0.29, 0.717) is 42.0 Å². The maximum Gasteiger partial charge on any atom is 0.318 e. The largest absolute Gasteiger partial charge is 0.457 e. The molecule has 0 radical (unpaired) electrons. The molecule has 150 valence electrons. The number of primary amides is 1. The van der Waals surface area contributed by atoms with Crippen LogP contribution in [0.2, 0.25) is 0 Å². The van der Waals surface area contributed by atoms with E-state index in [1.165, 1.54) is 4.90 Å². The first kappa shape index (κ1) is 19.0. The van der Waals surface area contributed by atoms with Crippen molar-refractivity contribution < 1.29 is 23.9 Å². The Morgan fingerprint density at radius 2 is 1.66 bits per heavy atom. The van der Waals surface area contributed by atoms with Crippen LogP contribution in [-0.2, 0) is 19.1 Å². The molecule has 29 heavy (non-hydrogen) atoms. The lowest BCUT2D eigenvalue weighted by molar-refractivity contribution is -0.153. The van der Waals surface area contributed by atoms with Crippen LogP contribution < -0.4 is 10.5 Å². The summed E-state index contributed by atoms with van der Waals surface area (Å²) in [5, 5.41) is 0. The lowest BCUT2D eigenvalue weighted by atomic mass is 9.88. The molecule has 1 saturated heterocycles. The fourth-order valence-corrected chi connectivity index (χ4v) is 3.91. The summed E-state index contributed by atoms with van der Waals surface area (Å²) in [6.07, 6.45) is 1.38. The summed E-state index contributed by atoms with van der Waals surface area (Å²) in [6, 6.07) is 14.6. The molecule has 7 nitrogen and oxygen atoms in total. The van der Waals surface area contributed by atoms with Crippen LogP contribution in [0.15, 0.2) is 48.5 Å². The molecule has 7 heteroatoms. The number of fused-ring (bicyclic) bond motifs is 2. The zero-order valence-electron chi connectivity index (χ0n) is 15.9. The van der Waals surface area contributed by atoms with Crippen LogP contribution in [-0.4, -0.2) is 42.4 Å². The molecule has 2 aliphatic rings. The topological polar surface area (TPSA) is 98.9 Å². The number of likely N-dealkylation sites (tertiary alicyclic amines) is 1. The van der Waals surface area contributed by atoms with Gasteiger partial charge in [-0.15, -0.1) is 0 Å². The van der Waals surface area contributed by atoms with E-state index in [1.807, 2.05) is 36.4 Å². The number of rotatable bonds is 4. The van der Waals surface area contributed by atoms with Crippen LogP contribution in [0.25, 0.3) is 0 Å². The van der Waals surface area contributed by atoms with Crippen molar-refractivity contribution in [3.05, 3.63) is 59.7 Å². The van der Waals surface area contributed by atoms with Gasteiger partial charge < -0.3 is 20.1 Å². The maximum absolute atomic E-state index is 13.0. The Bertz CT molecular complexity index is 912. The molecular formula is C22H22N2O5. The number of nitrogens with zero attached hydrogens (tertiary/aromatic N) is 1. The van der Waals surface area contributed by atoms with Gasteiger partial charge in [-0.3, -0.25) is 14.4 Å². The number of carbonyl (C=O) groups excluding carboxylic acids is 3. The number of nitrogens with two attached hydrogens (primary N) is 1. The molecule has 0 unspecified atom stereocenters. The van der Waals surface area contributed by atoms with E-state index in [2.05, 4.69) is 0 Å². The zero-order valence-corrected chi connectivity index (χ0v) is 15.9. The highest BCUT2D eigenvalue weighted by molar-refractivity contribution is 5.88. The molecule has 2 N–H and O–H groups in total. The van der Waals surface area contributed by atoms with Gasteiger partial charge in [0.1, 0.15) is 17.4 Å². The fraction of sp³-hybridized carbons (Fsp3) is 0.318. The summed E-state index contributed by atoms with van der Waals surface area (Å²) in [5.41, 5.74) is 6.77. The van der Waals surface area contributed by atoms with Crippen LogP contribution in [0.3, 0.4) is 0 Å². The first-order valence-electron chi connectivity index (χ1n) is 9.64. The molecule has 2 amide bonds. The molecular weight excluding hydrogens is 372 g/mol. The Hall–Kier alpha value is -3.35. The Balaban J connectivity index is 1.48. The van der Waals surface area contributed by atoms with Gasteiger partial charge in [0.25, 0.3) is 5.91 Å². The third kappa shape index (κ3) is 3.81. The molecule has 0 bridgehead atoms. The second kappa shape index (κ2) is 7.95. The summed E-state index contributed by atoms with van der Waals surface area (Å²) >= 11 is 0. The van der Waals surface area contributed by atoms with Gasteiger partial charge in [-0.1, -0.05) is 36.4 Å². The first-order chi connectivity index (χ1) is 14.0. The smallest absolute Gasteiger partial charge is 0.318 e. The molecule has 2 aromatic carbocycles. The van der Waals surface area contributed by atoms with Crippen LogP contribution in [0.5, 0.6) is 11.5 Å². The Kier molecular flexibility index (Phi) is 5.20. The maximum atomic E-state index is 13.0. The number of carbonyl (C=O) groups is 3. The summed E-state index contributed by atoms with van der Waals surface area (Å²) in [4.78, 5) is 38.4. The van der Waals surface area contributed by atoms with Crippen LogP contribution in [0.4, 0.5) is 0 Å². The Labute approximate surface area is 168 Å². The van der Waals surface area contributed by atoms with E-state index in [0.717, 1.165) is 0 Å². The monoisotopic (exact) mass is 394 g/mol. The van der Waals surface area contributed by atoms with Gasteiger partial charge in [-0.2, -0.15) is 0 Å². The van der Waals surface area contributed by atoms with Crippen LogP contribution in [0.1, 0.15) is 29.9 Å². The van der Waals surface area contributed by atoms with Gasteiger partial charge in [0, 0.05) is 24.2 Å². The van der Waals surface area contributed by atoms with Gasteiger partial charge in [0.05, 0.1) is 5.92 Å². The number of benzene rings is 2. The molecule has 2 aliphatic heterocycles. The summed E-state index contributed by atoms with van der Waals surface area (Å²) < 4.78 is 11.3. The Morgan fingerprint density at radius 3 is 2.28 bits per heavy atom. The minimum absolute atomic E-state index is 0.272. The minimum atomic E-state index is -0.663. The van der Waals surface area contributed by atoms with Crippen molar-refractivity contribution in [3.63, 3.8) is 0 Å². The number of para-hydroxylation sites is 2. The van der Waals surface area contributed by atoms with E-state index < -0.39 is 17.8 Å². The van der Waals surface area contributed by atoms with Crippen LogP contribution in [0, 0.1) is 5.92 Å². The average molecular weight is 394 g/mol. The van der Waals surface area contributed by atoms with E-state index in [4.69, 9.17) is 15.2 Å². The van der Waals surface area contributed by atoms with E-state index in [1.54, 1.807) is 12.1 Å². The van der Waals surface area contributed by atoms with Crippen molar-refractivity contribution in [2.45, 2.75) is 18.8 Å². The van der Waals surface area contributed by atoms with Gasteiger partial charge in [-0.05, 0) is 25.0 Å². The number of esters is 1. The Morgan fingerprint density at radius 1 is 1.03 bits per heavy atom. The highest BCUT2D eigenvalue weighted by atomic mass is 16.5. The lowest BCUT2D eigenvalue weighted by Gasteiger charge is -2.31. The molecule has 1 atom stereocenters. The number of ether oxygens (including phenoxy) is 2. The number of piperidine rings is 1. The van der Waals surface area contributed by atoms with Gasteiger partial charge in [-0.25, -0.2) is 0 Å². The molecule has 0 spiro atoms. The van der Waals surface area contributed by atoms with E-state index in [-0.39, 0.29) is 25.0 Å². The first-order valence-corrected chi connectivity index (χ1v) is 9.64. The standard InChI is InChI=1S/C22H22N2O5/c23-21(26)14-6-5-11-24(12-14)19(25)13-28-22(27)20-15-7-1-3-9-17(15)29-18-10-4-2-8-16(18)20/h1-4,7-10,14,20H,5-6,11-13H2,(H2,23,26)/t14-/m1/s1. The zero-order chi connectivity index (χ0) is 20.4. The average Bonchev–Trinajstić information content (AvgIpc) is 2.75. The molecule has 2 aromatic rings. The summed E-state index contributed by atoms with van der Waals surface area (Å²) in [7, 11) is 0. The van der Waals surface area contributed by atoms with E-state index >= 15 is 0 Å². The normalized spacial score (nSPS) is 18.2. The third-order valence-electron chi connectivity index (χ3n) is 5.43. The van der Waals surface area contributed by atoms with Crippen LogP contribution >= 0.6 is 0 Å². The fourth-order valence-electron chi connectivity index (χ4n) is 3.91. The summed E-state index contributed by atoms with van der Waals surface area (Å²) in [5.74, 6) is -1.06. The highest BCUT2D eigenvalue weighted by Gasteiger charge is 2.34. The van der Waals surface area contributed by atoms with Gasteiger partial charge in [0.15, 0.2) is 6.61 Å². The third-order valence-corrected chi connectivity index (χ3v) is 5.43. The van der Waals surface area contributed by atoms with Crippen molar-refractivity contribution >= 4 is 17.8 Å². The second-order valence-electron chi connectivity index (χ2n) is 7.30. The summed E-state index contributed by atoms with van der Waals surface area (Å²) in [6.45, 7) is 0.434. The second-order valence-corrected chi connectivity index (χ2v) is 7.30.